The highest BCUT2D eigenvalue weighted by Gasteiger charge is 2.25. The Balaban J connectivity index is 1.50. The van der Waals surface area contributed by atoms with E-state index < -0.39 is 0 Å². The van der Waals surface area contributed by atoms with Crippen LogP contribution in [0, 0.1) is 0 Å². The number of hydrogen-bond donors (Lipinski definition) is 1. The molecule has 1 amide bonds. The Bertz CT molecular complexity index is 652. The number of amides is 1. The number of para-hydroxylation sites is 2. The van der Waals surface area contributed by atoms with E-state index in [1.165, 1.54) is 6.42 Å². The third-order valence-electron chi connectivity index (χ3n) is 4.76. The van der Waals surface area contributed by atoms with Crippen molar-refractivity contribution in [3.05, 3.63) is 24.3 Å². The molecule has 1 unspecified atom stereocenters. The molecule has 1 aromatic rings. The highest BCUT2D eigenvalue weighted by molar-refractivity contribution is 8.00. The summed E-state index contributed by atoms with van der Waals surface area (Å²) in [5.74, 6) is 2.93. The van der Waals surface area contributed by atoms with E-state index in [2.05, 4.69) is 33.9 Å². The van der Waals surface area contributed by atoms with Gasteiger partial charge in [0.2, 0.25) is 0 Å². The Kier molecular flexibility index (Phi) is 6.66. The van der Waals surface area contributed by atoms with Crippen molar-refractivity contribution >= 4 is 29.3 Å². The lowest BCUT2D eigenvalue weighted by Crippen LogP contribution is -2.48. The first-order valence-corrected chi connectivity index (χ1v) is 10.4. The van der Waals surface area contributed by atoms with Crippen molar-refractivity contribution < 1.29 is 9.53 Å². The molecule has 0 bridgehead atoms. The molecule has 142 valence electrons. The van der Waals surface area contributed by atoms with Crippen LogP contribution in [0.15, 0.2) is 29.3 Å². The highest BCUT2D eigenvalue weighted by Crippen LogP contribution is 2.31. The molecule has 2 heterocycles. The van der Waals surface area contributed by atoms with Crippen LogP contribution >= 0.6 is 11.8 Å². The number of ether oxygens (including phenoxy) is 1. The average Bonchev–Trinajstić information content (AvgIpc) is 2.69. The molecule has 0 spiro atoms. The van der Waals surface area contributed by atoms with Crippen molar-refractivity contribution in [3.63, 3.8) is 0 Å². The molecule has 0 saturated carbocycles. The van der Waals surface area contributed by atoms with E-state index in [0.29, 0.717) is 11.8 Å². The van der Waals surface area contributed by atoms with Crippen LogP contribution in [-0.2, 0) is 4.79 Å². The van der Waals surface area contributed by atoms with Crippen LogP contribution in [0.5, 0.6) is 5.75 Å². The topological polar surface area (TPSA) is 57.2 Å². The van der Waals surface area contributed by atoms with Gasteiger partial charge in [-0.05, 0) is 25.0 Å². The number of fused-ring (bicyclic) bond motifs is 1. The second kappa shape index (κ2) is 9.16. The van der Waals surface area contributed by atoms with Gasteiger partial charge >= 0.3 is 0 Å². The quantitative estimate of drug-likeness (QED) is 0.485. The van der Waals surface area contributed by atoms with Crippen LogP contribution < -0.4 is 15.0 Å². The molecule has 1 atom stereocenters. The summed E-state index contributed by atoms with van der Waals surface area (Å²) in [6.07, 6.45) is 2.05. The summed E-state index contributed by atoms with van der Waals surface area (Å²) in [5, 5.41) is 4.14. The van der Waals surface area contributed by atoms with Crippen LogP contribution in [0.4, 0.5) is 5.69 Å². The first kappa shape index (κ1) is 18.9. The normalized spacial score (nSPS) is 20.6. The van der Waals surface area contributed by atoms with Crippen molar-refractivity contribution in [2.45, 2.75) is 25.0 Å². The second-order valence-electron chi connectivity index (χ2n) is 6.48. The maximum absolute atomic E-state index is 12.2. The third kappa shape index (κ3) is 4.44. The van der Waals surface area contributed by atoms with Crippen molar-refractivity contribution in [2.75, 3.05) is 50.5 Å². The van der Waals surface area contributed by atoms with Crippen LogP contribution in [0.1, 0.15) is 19.8 Å². The summed E-state index contributed by atoms with van der Waals surface area (Å²) in [7, 11) is 1.84. The van der Waals surface area contributed by atoms with Crippen LogP contribution in [0.2, 0.25) is 0 Å². The van der Waals surface area contributed by atoms with Gasteiger partial charge in [0.25, 0.3) is 5.91 Å². The van der Waals surface area contributed by atoms with E-state index in [1.807, 2.05) is 36.2 Å². The van der Waals surface area contributed by atoms with Gasteiger partial charge in [0.15, 0.2) is 12.6 Å². The smallest absolute Gasteiger partial charge is 0.265 e. The Morgan fingerprint density at radius 2 is 2.27 bits per heavy atom. The van der Waals surface area contributed by atoms with E-state index in [1.54, 1.807) is 0 Å². The summed E-state index contributed by atoms with van der Waals surface area (Å²) >= 11 is 2.06. The van der Waals surface area contributed by atoms with Crippen molar-refractivity contribution in [1.29, 1.82) is 0 Å². The molecule has 1 N–H and O–H groups in total. The molecule has 6 nitrogen and oxygen atoms in total. The van der Waals surface area contributed by atoms with Gasteiger partial charge in [-0.3, -0.25) is 9.79 Å². The molecule has 7 heteroatoms. The molecule has 2 aliphatic rings. The first-order valence-electron chi connectivity index (χ1n) is 9.32. The van der Waals surface area contributed by atoms with E-state index in [4.69, 9.17) is 4.74 Å². The van der Waals surface area contributed by atoms with Gasteiger partial charge in [0.1, 0.15) is 5.75 Å². The highest BCUT2D eigenvalue weighted by atomic mass is 32.2. The fourth-order valence-electron chi connectivity index (χ4n) is 3.33. The molecule has 26 heavy (non-hydrogen) atoms. The number of guanidine groups is 1. The Labute approximate surface area is 160 Å². The van der Waals surface area contributed by atoms with Crippen molar-refractivity contribution in [1.82, 2.24) is 10.2 Å². The van der Waals surface area contributed by atoms with Gasteiger partial charge in [0, 0.05) is 44.2 Å². The van der Waals surface area contributed by atoms with E-state index in [9.17, 15) is 4.79 Å². The Morgan fingerprint density at radius 3 is 3.08 bits per heavy atom. The molecule has 0 aromatic heterocycles. The first-order chi connectivity index (χ1) is 12.7. The van der Waals surface area contributed by atoms with Gasteiger partial charge in [-0.25, -0.2) is 0 Å². The summed E-state index contributed by atoms with van der Waals surface area (Å²) < 4.78 is 5.49. The number of thioether (sulfide) groups is 1. The molecule has 1 saturated heterocycles. The number of nitrogens with one attached hydrogen (secondary N) is 1. The number of rotatable bonds is 5. The molecule has 0 radical (unpaired) electrons. The minimum atomic E-state index is 0.0203. The number of hydrogen-bond acceptors (Lipinski definition) is 4. The summed E-state index contributed by atoms with van der Waals surface area (Å²) in [4.78, 5) is 20.8. The number of anilines is 1. The zero-order chi connectivity index (χ0) is 18.4. The van der Waals surface area contributed by atoms with E-state index >= 15 is 0 Å². The number of carbonyl (C=O) groups excluding carboxylic acids is 1. The van der Waals surface area contributed by atoms with Crippen molar-refractivity contribution in [2.24, 2.45) is 4.99 Å². The van der Waals surface area contributed by atoms with Gasteiger partial charge < -0.3 is 19.9 Å². The molecule has 1 aromatic carbocycles. The van der Waals surface area contributed by atoms with Crippen molar-refractivity contribution in [3.8, 4) is 5.75 Å². The number of carbonyl (C=O) groups is 1. The molecular weight excluding hydrogens is 348 g/mol. The molecule has 1 fully saturated rings. The predicted molar refractivity (Wildman–Crippen MR) is 108 cm³/mol. The lowest BCUT2D eigenvalue weighted by atomic mass is 10.2. The van der Waals surface area contributed by atoms with E-state index in [-0.39, 0.29) is 12.5 Å². The van der Waals surface area contributed by atoms with Crippen LogP contribution in [-0.4, -0.2) is 67.6 Å². The fraction of sp³-hybridized carbons (Fsp3) is 0.579. The maximum Gasteiger partial charge on any atom is 0.265 e. The minimum absolute atomic E-state index is 0.0203. The van der Waals surface area contributed by atoms with Gasteiger partial charge in [-0.1, -0.05) is 19.1 Å². The molecule has 2 aliphatic heterocycles. The minimum Gasteiger partial charge on any atom is -0.482 e. The van der Waals surface area contributed by atoms with Crippen LogP contribution in [0.25, 0.3) is 0 Å². The zero-order valence-electron chi connectivity index (χ0n) is 15.6. The standard InChI is InChI=1S/C19H28N4O2S/c1-3-15-13-22(11-12-26-15)19(20-2)21-9-6-10-23-16-7-4-5-8-17(16)25-14-18(23)24/h4-5,7-8,15H,3,6,9-14H2,1-2H3,(H,20,21). The number of aliphatic imine (C=N–C) groups is 1. The lowest BCUT2D eigenvalue weighted by molar-refractivity contribution is -0.121. The zero-order valence-corrected chi connectivity index (χ0v) is 16.4. The predicted octanol–water partition coefficient (Wildman–Crippen LogP) is 2.20. The summed E-state index contributed by atoms with van der Waals surface area (Å²) in [6, 6.07) is 7.72. The molecular formula is C19H28N4O2S. The maximum atomic E-state index is 12.2. The van der Waals surface area contributed by atoms with E-state index in [0.717, 1.165) is 49.2 Å². The molecule has 3 rings (SSSR count). The van der Waals surface area contributed by atoms with Gasteiger partial charge in [-0.15, -0.1) is 0 Å². The number of nitrogens with zero attached hydrogens (tertiary/aromatic N) is 3. The lowest BCUT2D eigenvalue weighted by Gasteiger charge is -2.34. The van der Waals surface area contributed by atoms with Gasteiger partial charge in [-0.2, -0.15) is 11.8 Å². The SMILES string of the molecule is CCC1CN(C(=NC)NCCCN2C(=O)COc3ccccc32)CCS1. The number of benzene rings is 1. The van der Waals surface area contributed by atoms with Crippen LogP contribution in [0.3, 0.4) is 0 Å². The second-order valence-corrected chi connectivity index (χ2v) is 7.88. The average molecular weight is 377 g/mol. The molecule has 0 aliphatic carbocycles. The third-order valence-corrected chi connectivity index (χ3v) is 6.13. The summed E-state index contributed by atoms with van der Waals surface area (Å²) in [5.41, 5.74) is 0.868. The van der Waals surface area contributed by atoms with Gasteiger partial charge in [0.05, 0.1) is 5.69 Å². The monoisotopic (exact) mass is 376 g/mol. The largest absolute Gasteiger partial charge is 0.482 e. The Hall–Kier alpha value is -1.89. The fourth-order valence-corrected chi connectivity index (χ4v) is 4.51. The summed E-state index contributed by atoms with van der Waals surface area (Å²) in [6.45, 7) is 5.92. The Morgan fingerprint density at radius 1 is 1.42 bits per heavy atom.